The van der Waals surface area contributed by atoms with Crippen LogP contribution in [-0.2, 0) is 6.18 Å². The summed E-state index contributed by atoms with van der Waals surface area (Å²) in [6.07, 6.45) is -3.69. The van der Waals surface area contributed by atoms with Gasteiger partial charge in [0.05, 0.1) is 17.3 Å². The van der Waals surface area contributed by atoms with Crippen molar-refractivity contribution >= 4 is 0 Å². The highest BCUT2D eigenvalue weighted by Crippen LogP contribution is 2.29. The second kappa shape index (κ2) is 5.20. The SMILES string of the molecule is Cc1cc(C(N)c2ccc(C(F)(F)F)cn2)ccc1F. The molecule has 1 heterocycles. The van der Waals surface area contributed by atoms with Gasteiger partial charge in [0, 0.05) is 6.20 Å². The highest BCUT2D eigenvalue weighted by Gasteiger charge is 2.30. The third kappa shape index (κ3) is 2.96. The van der Waals surface area contributed by atoms with Crippen molar-refractivity contribution in [1.82, 2.24) is 4.98 Å². The lowest BCUT2D eigenvalue weighted by Gasteiger charge is -2.13. The second-order valence-corrected chi connectivity index (χ2v) is 4.46. The van der Waals surface area contributed by atoms with E-state index in [0.717, 1.165) is 12.3 Å². The van der Waals surface area contributed by atoms with Crippen molar-refractivity contribution in [1.29, 1.82) is 0 Å². The van der Waals surface area contributed by atoms with Gasteiger partial charge in [0.25, 0.3) is 0 Å². The van der Waals surface area contributed by atoms with Gasteiger partial charge >= 0.3 is 6.18 Å². The van der Waals surface area contributed by atoms with E-state index >= 15 is 0 Å². The van der Waals surface area contributed by atoms with Crippen LogP contribution in [0.15, 0.2) is 36.5 Å². The predicted octanol–water partition coefficient (Wildman–Crippen LogP) is 3.60. The number of pyridine rings is 1. The van der Waals surface area contributed by atoms with Crippen LogP contribution >= 0.6 is 0 Å². The van der Waals surface area contributed by atoms with Gasteiger partial charge in [-0.1, -0.05) is 12.1 Å². The third-order valence-electron chi connectivity index (χ3n) is 2.97. The summed E-state index contributed by atoms with van der Waals surface area (Å²) in [5, 5.41) is 0. The number of halogens is 4. The maximum atomic E-state index is 13.2. The fourth-order valence-electron chi connectivity index (χ4n) is 1.79. The Balaban J connectivity index is 2.29. The summed E-state index contributed by atoms with van der Waals surface area (Å²) in [4.78, 5) is 3.73. The molecule has 2 N–H and O–H groups in total. The zero-order chi connectivity index (χ0) is 14.9. The van der Waals surface area contributed by atoms with Crippen LogP contribution in [0.2, 0.25) is 0 Å². The Morgan fingerprint density at radius 3 is 2.35 bits per heavy atom. The molecular formula is C14H12F4N2. The number of benzene rings is 1. The zero-order valence-corrected chi connectivity index (χ0v) is 10.6. The fourth-order valence-corrected chi connectivity index (χ4v) is 1.79. The van der Waals surface area contributed by atoms with E-state index in [4.69, 9.17) is 5.73 Å². The summed E-state index contributed by atoms with van der Waals surface area (Å²) in [6, 6.07) is 5.78. The van der Waals surface area contributed by atoms with E-state index in [1.165, 1.54) is 18.2 Å². The molecule has 6 heteroatoms. The average molecular weight is 284 g/mol. The van der Waals surface area contributed by atoms with E-state index in [1.54, 1.807) is 13.0 Å². The molecule has 20 heavy (non-hydrogen) atoms. The first-order valence-electron chi connectivity index (χ1n) is 5.84. The minimum Gasteiger partial charge on any atom is -0.319 e. The summed E-state index contributed by atoms with van der Waals surface area (Å²) in [7, 11) is 0. The fraction of sp³-hybridized carbons (Fsp3) is 0.214. The largest absolute Gasteiger partial charge is 0.417 e. The van der Waals surface area contributed by atoms with Gasteiger partial charge in [0.1, 0.15) is 5.82 Å². The number of rotatable bonds is 2. The van der Waals surface area contributed by atoms with Crippen LogP contribution in [0.4, 0.5) is 17.6 Å². The van der Waals surface area contributed by atoms with Gasteiger partial charge in [-0.2, -0.15) is 13.2 Å². The van der Waals surface area contributed by atoms with Crippen molar-refractivity contribution in [2.75, 3.05) is 0 Å². The third-order valence-corrected chi connectivity index (χ3v) is 2.97. The Labute approximate surface area is 113 Å². The minimum absolute atomic E-state index is 0.295. The summed E-state index contributed by atoms with van der Waals surface area (Å²) in [5.41, 5.74) is 6.41. The first kappa shape index (κ1) is 14.5. The molecule has 0 aliphatic rings. The standard InChI is InChI=1S/C14H12F4N2/c1-8-6-9(2-4-11(8)15)13(19)12-5-3-10(7-20-12)14(16,17)18/h2-7,13H,19H2,1H3. The van der Waals surface area contributed by atoms with Crippen molar-refractivity contribution in [2.45, 2.75) is 19.1 Å². The highest BCUT2D eigenvalue weighted by molar-refractivity contribution is 5.32. The highest BCUT2D eigenvalue weighted by atomic mass is 19.4. The summed E-state index contributed by atoms with van der Waals surface area (Å²) < 4.78 is 50.5. The molecule has 2 nitrogen and oxygen atoms in total. The smallest absolute Gasteiger partial charge is 0.319 e. The maximum absolute atomic E-state index is 13.2. The molecule has 106 valence electrons. The molecule has 0 fully saturated rings. The lowest BCUT2D eigenvalue weighted by molar-refractivity contribution is -0.137. The van der Waals surface area contributed by atoms with Crippen molar-refractivity contribution < 1.29 is 17.6 Å². The zero-order valence-electron chi connectivity index (χ0n) is 10.6. The van der Waals surface area contributed by atoms with Gasteiger partial charge in [0.2, 0.25) is 0 Å². The molecular weight excluding hydrogens is 272 g/mol. The molecule has 0 saturated carbocycles. The van der Waals surface area contributed by atoms with Crippen LogP contribution in [0, 0.1) is 12.7 Å². The van der Waals surface area contributed by atoms with E-state index in [-0.39, 0.29) is 5.82 Å². The molecule has 1 unspecified atom stereocenters. The number of nitrogens with zero attached hydrogens (tertiary/aromatic N) is 1. The molecule has 0 bridgehead atoms. The lowest BCUT2D eigenvalue weighted by atomic mass is 10.0. The molecule has 0 radical (unpaired) electrons. The number of aromatic nitrogens is 1. The van der Waals surface area contributed by atoms with Crippen LogP contribution in [0.5, 0.6) is 0 Å². The van der Waals surface area contributed by atoms with Crippen molar-refractivity contribution in [2.24, 2.45) is 5.73 Å². The molecule has 0 aliphatic heterocycles. The van der Waals surface area contributed by atoms with Gasteiger partial charge in [-0.25, -0.2) is 4.39 Å². The normalized spacial score (nSPS) is 13.3. The van der Waals surface area contributed by atoms with Gasteiger partial charge in [-0.05, 0) is 36.2 Å². The number of hydrogen-bond acceptors (Lipinski definition) is 2. The Hall–Kier alpha value is -1.95. The average Bonchev–Trinajstić information content (AvgIpc) is 2.40. The topological polar surface area (TPSA) is 38.9 Å². The van der Waals surface area contributed by atoms with E-state index in [2.05, 4.69) is 4.98 Å². The Morgan fingerprint density at radius 2 is 1.85 bits per heavy atom. The van der Waals surface area contributed by atoms with E-state index < -0.39 is 17.8 Å². The van der Waals surface area contributed by atoms with Crippen LogP contribution in [-0.4, -0.2) is 4.98 Å². The van der Waals surface area contributed by atoms with E-state index in [1.807, 2.05) is 0 Å². The Morgan fingerprint density at radius 1 is 1.15 bits per heavy atom. The first-order valence-corrected chi connectivity index (χ1v) is 5.84. The molecule has 2 aromatic rings. The predicted molar refractivity (Wildman–Crippen MR) is 66.4 cm³/mol. The van der Waals surface area contributed by atoms with Crippen LogP contribution in [0.1, 0.15) is 28.4 Å². The molecule has 1 atom stereocenters. The molecule has 0 amide bonds. The molecule has 0 aliphatic carbocycles. The second-order valence-electron chi connectivity index (χ2n) is 4.46. The monoisotopic (exact) mass is 284 g/mol. The quantitative estimate of drug-likeness (QED) is 0.856. The molecule has 0 spiro atoms. The summed E-state index contributed by atoms with van der Waals surface area (Å²) in [6.45, 7) is 1.59. The van der Waals surface area contributed by atoms with Gasteiger partial charge in [0.15, 0.2) is 0 Å². The van der Waals surface area contributed by atoms with E-state index in [9.17, 15) is 17.6 Å². The number of aryl methyl sites for hydroxylation is 1. The van der Waals surface area contributed by atoms with Gasteiger partial charge < -0.3 is 5.73 Å². The summed E-state index contributed by atoms with van der Waals surface area (Å²) >= 11 is 0. The van der Waals surface area contributed by atoms with Crippen molar-refractivity contribution in [3.63, 3.8) is 0 Å². The van der Waals surface area contributed by atoms with Crippen LogP contribution in [0.3, 0.4) is 0 Å². The van der Waals surface area contributed by atoms with Gasteiger partial charge in [-0.15, -0.1) is 0 Å². The molecule has 2 rings (SSSR count). The van der Waals surface area contributed by atoms with Crippen LogP contribution < -0.4 is 5.73 Å². The van der Waals surface area contributed by atoms with Crippen molar-refractivity contribution in [3.8, 4) is 0 Å². The summed E-state index contributed by atoms with van der Waals surface area (Å²) in [5.74, 6) is -0.360. The lowest BCUT2D eigenvalue weighted by Crippen LogP contribution is -2.15. The molecule has 1 aromatic carbocycles. The van der Waals surface area contributed by atoms with Crippen molar-refractivity contribution in [3.05, 3.63) is 64.7 Å². The Bertz CT molecular complexity index is 606. The van der Waals surface area contributed by atoms with E-state index in [0.29, 0.717) is 16.8 Å². The van der Waals surface area contributed by atoms with Crippen LogP contribution in [0.25, 0.3) is 0 Å². The number of nitrogens with two attached hydrogens (primary N) is 1. The Kier molecular flexibility index (Phi) is 3.76. The number of alkyl halides is 3. The molecule has 1 aromatic heterocycles. The minimum atomic E-state index is -4.43. The maximum Gasteiger partial charge on any atom is 0.417 e. The van der Waals surface area contributed by atoms with Gasteiger partial charge in [-0.3, -0.25) is 4.98 Å². The number of hydrogen-bond donors (Lipinski definition) is 1. The molecule has 0 saturated heterocycles. The first-order chi connectivity index (χ1) is 9.29.